The van der Waals surface area contributed by atoms with Crippen molar-refractivity contribution in [3.8, 4) is 11.5 Å². The van der Waals surface area contributed by atoms with Crippen LogP contribution in [0.2, 0.25) is 5.02 Å². The van der Waals surface area contributed by atoms with Crippen LogP contribution in [0.3, 0.4) is 0 Å². The van der Waals surface area contributed by atoms with Gasteiger partial charge in [0.15, 0.2) is 11.5 Å². The summed E-state index contributed by atoms with van der Waals surface area (Å²) < 4.78 is 24.4. The number of rotatable bonds is 9. The molecule has 0 aliphatic heterocycles. The van der Waals surface area contributed by atoms with Gasteiger partial charge in [-0.05, 0) is 49.2 Å². The molecular weight excluding hydrogens is 380 g/mol. The summed E-state index contributed by atoms with van der Waals surface area (Å²) in [6.45, 7) is 5.40. The first-order valence-corrected chi connectivity index (χ1v) is 8.58. The Balaban J connectivity index is 0.00000338. The van der Waals surface area contributed by atoms with Gasteiger partial charge in [-0.2, -0.15) is 0 Å². The second-order valence-corrected chi connectivity index (χ2v) is 6.14. The lowest BCUT2D eigenvalue weighted by atomic mass is 10.2. The van der Waals surface area contributed by atoms with E-state index in [1.54, 1.807) is 25.1 Å². The summed E-state index contributed by atoms with van der Waals surface area (Å²) in [5.41, 5.74) is 1.77. The molecule has 0 amide bonds. The van der Waals surface area contributed by atoms with Gasteiger partial charge in [-0.25, -0.2) is 4.39 Å². The monoisotopic (exact) mass is 403 g/mol. The van der Waals surface area contributed by atoms with Gasteiger partial charge < -0.3 is 19.9 Å². The summed E-state index contributed by atoms with van der Waals surface area (Å²) in [6, 6.07) is 9.78. The number of halogens is 3. The molecule has 0 aliphatic rings. The van der Waals surface area contributed by atoms with Gasteiger partial charge in [-0.15, -0.1) is 12.4 Å². The maximum Gasteiger partial charge on any atom is 0.180 e. The quantitative estimate of drug-likeness (QED) is 0.653. The Morgan fingerprint density at radius 1 is 1.15 bits per heavy atom. The van der Waals surface area contributed by atoms with Crippen molar-refractivity contribution < 1.29 is 19.0 Å². The third kappa shape index (κ3) is 7.00. The van der Waals surface area contributed by atoms with E-state index in [9.17, 15) is 9.50 Å². The molecule has 144 valence electrons. The lowest BCUT2D eigenvalue weighted by molar-refractivity contribution is 0.191. The summed E-state index contributed by atoms with van der Waals surface area (Å²) in [4.78, 5) is 0. The van der Waals surface area contributed by atoms with Crippen LogP contribution < -0.4 is 14.8 Å². The molecule has 0 bridgehead atoms. The zero-order valence-corrected chi connectivity index (χ0v) is 16.4. The highest BCUT2D eigenvalue weighted by Gasteiger charge is 2.13. The van der Waals surface area contributed by atoms with Crippen LogP contribution in [0, 0.1) is 5.82 Å². The minimum atomic E-state index is -0.417. The van der Waals surface area contributed by atoms with E-state index in [0.717, 1.165) is 11.1 Å². The van der Waals surface area contributed by atoms with Crippen LogP contribution in [0.1, 0.15) is 25.0 Å². The van der Waals surface area contributed by atoms with Gasteiger partial charge >= 0.3 is 0 Å². The predicted molar refractivity (Wildman–Crippen MR) is 104 cm³/mol. The molecular formula is C19H24Cl2FNO3. The fourth-order valence-electron chi connectivity index (χ4n) is 2.29. The van der Waals surface area contributed by atoms with E-state index >= 15 is 0 Å². The summed E-state index contributed by atoms with van der Waals surface area (Å²) >= 11 is 6.36. The van der Waals surface area contributed by atoms with E-state index in [4.69, 9.17) is 21.1 Å². The average molecular weight is 404 g/mol. The molecule has 2 aromatic rings. The van der Waals surface area contributed by atoms with E-state index in [0.29, 0.717) is 36.2 Å². The van der Waals surface area contributed by atoms with Crippen molar-refractivity contribution in [2.75, 3.05) is 13.2 Å². The van der Waals surface area contributed by atoms with Gasteiger partial charge in [0.1, 0.15) is 12.4 Å². The van der Waals surface area contributed by atoms with Gasteiger partial charge in [0.05, 0.1) is 17.7 Å². The third-order valence-electron chi connectivity index (χ3n) is 3.43. The topological polar surface area (TPSA) is 50.7 Å². The minimum absolute atomic E-state index is 0. The Labute approximate surface area is 164 Å². The molecule has 1 atom stereocenters. The lowest BCUT2D eigenvalue weighted by Crippen LogP contribution is -2.23. The molecule has 2 N–H and O–H groups in total. The smallest absolute Gasteiger partial charge is 0.180 e. The standard InChI is InChI=1S/C19H23ClFNO3.ClH/c1-3-24-18-9-15(11-22-10-13(2)23)8-17(20)19(18)25-12-14-4-6-16(21)7-5-14;/h4-9,13,22-23H,3,10-12H2,1-2H3;1H. The van der Waals surface area contributed by atoms with E-state index < -0.39 is 6.10 Å². The van der Waals surface area contributed by atoms with Crippen LogP contribution in [0.5, 0.6) is 11.5 Å². The lowest BCUT2D eigenvalue weighted by Gasteiger charge is -2.16. The number of nitrogens with one attached hydrogen (secondary N) is 1. The highest BCUT2D eigenvalue weighted by molar-refractivity contribution is 6.32. The van der Waals surface area contributed by atoms with E-state index in [2.05, 4.69) is 5.32 Å². The van der Waals surface area contributed by atoms with E-state index in [-0.39, 0.29) is 24.8 Å². The maximum atomic E-state index is 13.0. The summed E-state index contributed by atoms with van der Waals surface area (Å²) in [5, 5.41) is 12.9. The summed E-state index contributed by atoms with van der Waals surface area (Å²) in [5.74, 6) is 0.740. The molecule has 2 rings (SSSR count). The predicted octanol–water partition coefficient (Wildman–Crippen LogP) is 4.35. The molecule has 0 aromatic heterocycles. The Kier molecular flexibility index (Phi) is 9.73. The fraction of sp³-hybridized carbons (Fsp3) is 0.368. The molecule has 1 unspecified atom stereocenters. The van der Waals surface area contributed by atoms with Crippen molar-refractivity contribution in [3.05, 3.63) is 58.4 Å². The minimum Gasteiger partial charge on any atom is -0.490 e. The van der Waals surface area contributed by atoms with Crippen molar-refractivity contribution in [3.63, 3.8) is 0 Å². The number of benzene rings is 2. The first-order chi connectivity index (χ1) is 12.0. The molecule has 0 fully saturated rings. The second kappa shape index (κ2) is 11.2. The number of aliphatic hydroxyl groups excluding tert-OH is 1. The molecule has 0 spiro atoms. The number of hydrogen-bond donors (Lipinski definition) is 2. The second-order valence-electron chi connectivity index (χ2n) is 5.73. The van der Waals surface area contributed by atoms with Crippen LogP contribution >= 0.6 is 24.0 Å². The number of aliphatic hydroxyl groups is 1. The van der Waals surface area contributed by atoms with E-state index in [1.165, 1.54) is 12.1 Å². The largest absolute Gasteiger partial charge is 0.490 e. The molecule has 0 heterocycles. The van der Waals surface area contributed by atoms with Crippen molar-refractivity contribution >= 4 is 24.0 Å². The van der Waals surface area contributed by atoms with Crippen molar-refractivity contribution in [1.82, 2.24) is 5.32 Å². The van der Waals surface area contributed by atoms with Crippen molar-refractivity contribution in [2.24, 2.45) is 0 Å². The normalized spacial score (nSPS) is 11.6. The maximum absolute atomic E-state index is 13.0. The van der Waals surface area contributed by atoms with Crippen LogP contribution in [0.25, 0.3) is 0 Å². The van der Waals surface area contributed by atoms with Gasteiger partial charge in [0.25, 0.3) is 0 Å². The molecule has 2 aromatic carbocycles. The fourth-order valence-corrected chi connectivity index (χ4v) is 2.58. The zero-order valence-electron chi connectivity index (χ0n) is 14.8. The highest BCUT2D eigenvalue weighted by atomic mass is 35.5. The van der Waals surface area contributed by atoms with Crippen LogP contribution in [0.15, 0.2) is 36.4 Å². The Bertz CT molecular complexity index is 681. The van der Waals surface area contributed by atoms with Gasteiger partial charge in [-0.3, -0.25) is 0 Å². The first kappa shape index (κ1) is 22.5. The Morgan fingerprint density at radius 2 is 1.85 bits per heavy atom. The number of ether oxygens (including phenoxy) is 2. The molecule has 0 saturated carbocycles. The summed E-state index contributed by atoms with van der Waals surface area (Å²) in [7, 11) is 0. The molecule has 7 heteroatoms. The molecule has 4 nitrogen and oxygen atoms in total. The van der Waals surface area contributed by atoms with Crippen LogP contribution in [-0.2, 0) is 13.2 Å². The Morgan fingerprint density at radius 3 is 2.46 bits per heavy atom. The first-order valence-electron chi connectivity index (χ1n) is 8.20. The van der Waals surface area contributed by atoms with Crippen molar-refractivity contribution in [2.45, 2.75) is 33.1 Å². The average Bonchev–Trinajstić information content (AvgIpc) is 2.55. The van der Waals surface area contributed by atoms with E-state index in [1.807, 2.05) is 13.0 Å². The number of hydrogen-bond acceptors (Lipinski definition) is 4. The molecule has 0 aliphatic carbocycles. The Hall–Kier alpha value is -1.53. The zero-order chi connectivity index (χ0) is 18.2. The highest BCUT2D eigenvalue weighted by Crippen LogP contribution is 2.37. The van der Waals surface area contributed by atoms with Gasteiger partial charge in [0, 0.05) is 13.1 Å². The van der Waals surface area contributed by atoms with Crippen molar-refractivity contribution in [1.29, 1.82) is 0 Å². The SMILES string of the molecule is CCOc1cc(CNCC(C)O)cc(Cl)c1OCc1ccc(F)cc1.Cl. The molecule has 0 radical (unpaired) electrons. The van der Waals surface area contributed by atoms with Gasteiger partial charge in [-0.1, -0.05) is 23.7 Å². The molecule has 0 saturated heterocycles. The van der Waals surface area contributed by atoms with Crippen LogP contribution in [-0.4, -0.2) is 24.4 Å². The van der Waals surface area contributed by atoms with Crippen LogP contribution in [0.4, 0.5) is 4.39 Å². The summed E-state index contributed by atoms with van der Waals surface area (Å²) in [6.07, 6.45) is -0.417. The molecule has 26 heavy (non-hydrogen) atoms. The van der Waals surface area contributed by atoms with Gasteiger partial charge in [0.2, 0.25) is 0 Å². The third-order valence-corrected chi connectivity index (χ3v) is 3.72.